The normalized spacial score (nSPS) is 27.7. The van der Waals surface area contributed by atoms with Gasteiger partial charge in [-0.25, -0.2) is 0 Å². The Hall–Kier alpha value is -0.570. The number of hydrogen-bond donors (Lipinski definition) is 2. The molecule has 2 unspecified atom stereocenters. The number of nitrogens with two attached hydrogens (primary N) is 1. The molecule has 3 nitrogen and oxygen atoms in total. The largest absolute Gasteiger partial charge is 0.351 e. The van der Waals surface area contributed by atoms with E-state index in [4.69, 9.17) is 5.73 Å². The van der Waals surface area contributed by atoms with E-state index in [2.05, 4.69) is 26.1 Å². The van der Waals surface area contributed by atoms with Crippen molar-refractivity contribution in [3.63, 3.8) is 0 Å². The van der Waals surface area contributed by atoms with E-state index in [9.17, 15) is 4.79 Å². The molecule has 0 radical (unpaired) electrons. The fraction of sp³-hybridized carbons (Fsp3) is 0.909. The molecule has 82 valence electrons. The Balaban J connectivity index is 2.43. The standard InChI is InChI=1S/C11H22N2O/c1-4-11(2,3)13-10(14)8-5-6-9(12)7-8/h8-9H,4-7,12H2,1-3H3,(H,13,14). The van der Waals surface area contributed by atoms with Crippen molar-refractivity contribution in [3.8, 4) is 0 Å². The van der Waals surface area contributed by atoms with Crippen molar-refractivity contribution >= 4 is 5.91 Å². The first kappa shape index (κ1) is 11.5. The lowest BCUT2D eigenvalue weighted by atomic mass is 9.99. The molecule has 0 aromatic heterocycles. The zero-order chi connectivity index (χ0) is 10.8. The average Bonchev–Trinajstić information content (AvgIpc) is 2.51. The highest BCUT2D eigenvalue weighted by Gasteiger charge is 2.30. The van der Waals surface area contributed by atoms with Crippen LogP contribution in [0.3, 0.4) is 0 Å². The van der Waals surface area contributed by atoms with Gasteiger partial charge in [-0.15, -0.1) is 0 Å². The van der Waals surface area contributed by atoms with Crippen molar-refractivity contribution in [3.05, 3.63) is 0 Å². The van der Waals surface area contributed by atoms with E-state index in [1.807, 2.05) is 0 Å². The van der Waals surface area contributed by atoms with Gasteiger partial charge in [0.1, 0.15) is 0 Å². The van der Waals surface area contributed by atoms with Crippen LogP contribution in [0.2, 0.25) is 0 Å². The van der Waals surface area contributed by atoms with Crippen molar-refractivity contribution in [1.29, 1.82) is 0 Å². The van der Waals surface area contributed by atoms with Crippen molar-refractivity contribution in [2.24, 2.45) is 11.7 Å². The van der Waals surface area contributed by atoms with Crippen LogP contribution in [0.1, 0.15) is 46.5 Å². The van der Waals surface area contributed by atoms with Gasteiger partial charge in [0, 0.05) is 17.5 Å². The van der Waals surface area contributed by atoms with E-state index in [1.165, 1.54) is 0 Å². The summed E-state index contributed by atoms with van der Waals surface area (Å²) in [4.78, 5) is 11.8. The number of amides is 1. The number of nitrogens with one attached hydrogen (secondary N) is 1. The molecule has 0 bridgehead atoms. The van der Waals surface area contributed by atoms with Gasteiger partial charge in [-0.05, 0) is 39.5 Å². The lowest BCUT2D eigenvalue weighted by Crippen LogP contribution is -2.45. The second kappa shape index (κ2) is 4.30. The van der Waals surface area contributed by atoms with Gasteiger partial charge in [-0.1, -0.05) is 6.92 Å². The molecular formula is C11H22N2O. The summed E-state index contributed by atoms with van der Waals surface area (Å²) in [5.74, 6) is 0.334. The van der Waals surface area contributed by atoms with Crippen LogP contribution < -0.4 is 11.1 Å². The Kier molecular flexibility index (Phi) is 3.53. The van der Waals surface area contributed by atoms with Crippen molar-refractivity contribution in [2.75, 3.05) is 0 Å². The Bertz CT molecular complexity index is 213. The second-order valence-corrected chi connectivity index (χ2v) is 5.00. The fourth-order valence-corrected chi connectivity index (χ4v) is 1.78. The summed E-state index contributed by atoms with van der Waals surface area (Å²) in [7, 11) is 0. The molecule has 1 fully saturated rings. The minimum Gasteiger partial charge on any atom is -0.351 e. The smallest absolute Gasteiger partial charge is 0.223 e. The number of carbonyl (C=O) groups excluding carboxylic acids is 1. The van der Waals surface area contributed by atoms with E-state index in [-0.39, 0.29) is 23.4 Å². The summed E-state index contributed by atoms with van der Waals surface area (Å²) in [6.45, 7) is 6.19. The van der Waals surface area contributed by atoms with Crippen LogP contribution in [0.4, 0.5) is 0 Å². The topological polar surface area (TPSA) is 55.1 Å². The van der Waals surface area contributed by atoms with Gasteiger partial charge in [0.25, 0.3) is 0 Å². The quantitative estimate of drug-likeness (QED) is 0.720. The van der Waals surface area contributed by atoms with E-state index >= 15 is 0 Å². The summed E-state index contributed by atoms with van der Waals surface area (Å²) in [5.41, 5.74) is 5.70. The lowest BCUT2D eigenvalue weighted by molar-refractivity contribution is -0.126. The van der Waals surface area contributed by atoms with Crippen LogP contribution >= 0.6 is 0 Å². The van der Waals surface area contributed by atoms with E-state index in [0.717, 1.165) is 25.7 Å². The average molecular weight is 198 g/mol. The molecule has 1 aliphatic rings. The molecule has 14 heavy (non-hydrogen) atoms. The maximum Gasteiger partial charge on any atom is 0.223 e. The Morgan fingerprint density at radius 1 is 1.50 bits per heavy atom. The first-order valence-corrected chi connectivity index (χ1v) is 5.52. The third-order valence-electron chi connectivity index (χ3n) is 3.19. The van der Waals surface area contributed by atoms with Crippen LogP contribution in [-0.2, 0) is 4.79 Å². The molecule has 2 atom stereocenters. The number of rotatable bonds is 3. The summed E-state index contributed by atoms with van der Waals surface area (Å²) in [6, 6.07) is 0.232. The maximum absolute atomic E-state index is 11.8. The predicted molar refractivity (Wildman–Crippen MR) is 57.8 cm³/mol. The zero-order valence-electron chi connectivity index (χ0n) is 9.47. The van der Waals surface area contributed by atoms with Crippen molar-refractivity contribution in [1.82, 2.24) is 5.32 Å². The molecule has 1 rings (SSSR count). The maximum atomic E-state index is 11.8. The molecule has 0 aromatic rings. The van der Waals surface area contributed by atoms with Gasteiger partial charge in [-0.3, -0.25) is 4.79 Å². The third kappa shape index (κ3) is 2.98. The third-order valence-corrected chi connectivity index (χ3v) is 3.19. The van der Waals surface area contributed by atoms with E-state index < -0.39 is 0 Å². The van der Waals surface area contributed by atoms with Crippen LogP contribution in [0, 0.1) is 5.92 Å². The molecule has 1 aliphatic carbocycles. The molecule has 1 saturated carbocycles. The van der Waals surface area contributed by atoms with Gasteiger partial charge in [0.2, 0.25) is 5.91 Å². The molecule has 0 aliphatic heterocycles. The van der Waals surface area contributed by atoms with Gasteiger partial charge in [0.15, 0.2) is 0 Å². The molecule has 3 N–H and O–H groups in total. The Morgan fingerprint density at radius 2 is 2.14 bits per heavy atom. The molecule has 0 aromatic carbocycles. The molecule has 0 saturated heterocycles. The minimum atomic E-state index is -0.0796. The van der Waals surface area contributed by atoms with Crippen LogP contribution in [0.5, 0.6) is 0 Å². The number of hydrogen-bond acceptors (Lipinski definition) is 2. The van der Waals surface area contributed by atoms with Crippen LogP contribution in [-0.4, -0.2) is 17.5 Å². The monoisotopic (exact) mass is 198 g/mol. The number of carbonyl (C=O) groups is 1. The van der Waals surface area contributed by atoms with E-state index in [0.29, 0.717) is 0 Å². The van der Waals surface area contributed by atoms with Crippen molar-refractivity contribution in [2.45, 2.75) is 58.0 Å². The predicted octanol–water partition coefficient (Wildman–Crippen LogP) is 1.42. The molecular weight excluding hydrogens is 176 g/mol. The van der Waals surface area contributed by atoms with Crippen LogP contribution in [0.15, 0.2) is 0 Å². The highest BCUT2D eigenvalue weighted by atomic mass is 16.2. The van der Waals surface area contributed by atoms with Gasteiger partial charge < -0.3 is 11.1 Å². The molecule has 0 heterocycles. The van der Waals surface area contributed by atoms with Crippen LogP contribution in [0.25, 0.3) is 0 Å². The highest BCUT2D eigenvalue weighted by Crippen LogP contribution is 2.25. The van der Waals surface area contributed by atoms with Gasteiger partial charge >= 0.3 is 0 Å². The molecule has 3 heteroatoms. The summed E-state index contributed by atoms with van der Waals surface area (Å²) in [5, 5.41) is 3.07. The van der Waals surface area contributed by atoms with Gasteiger partial charge in [0.05, 0.1) is 0 Å². The fourth-order valence-electron chi connectivity index (χ4n) is 1.78. The van der Waals surface area contributed by atoms with Gasteiger partial charge in [-0.2, -0.15) is 0 Å². The van der Waals surface area contributed by atoms with Crippen molar-refractivity contribution < 1.29 is 4.79 Å². The Morgan fingerprint density at radius 3 is 2.57 bits per heavy atom. The Labute approximate surface area is 86.4 Å². The molecule has 0 spiro atoms. The second-order valence-electron chi connectivity index (χ2n) is 5.00. The highest BCUT2D eigenvalue weighted by molar-refractivity contribution is 5.79. The van der Waals surface area contributed by atoms with E-state index in [1.54, 1.807) is 0 Å². The molecule has 1 amide bonds. The zero-order valence-corrected chi connectivity index (χ0v) is 9.47. The minimum absolute atomic E-state index is 0.0796. The first-order chi connectivity index (χ1) is 6.44. The first-order valence-electron chi connectivity index (χ1n) is 5.52. The SMILES string of the molecule is CCC(C)(C)NC(=O)C1CCC(N)C1. The lowest BCUT2D eigenvalue weighted by Gasteiger charge is -2.26. The summed E-state index contributed by atoms with van der Waals surface area (Å²) < 4.78 is 0. The summed E-state index contributed by atoms with van der Waals surface area (Å²) in [6.07, 6.45) is 3.75. The summed E-state index contributed by atoms with van der Waals surface area (Å²) >= 11 is 0.